The summed E-state index contributed by atoms with van der Waals surface area (Å²) < 4.78 is 0. The molecule has 0 spiro atoms. The quantitative estimate of drug-likeness (QED) is 0.736. The molecule has 1 heterocycles. The Hall–Kier alpha value is 0.0600. The van der Waals surface area contributed by atoms with Crippen molar-refractivity contribution in [2.75, 3.05) is 23.8 Å². The predicted molar refractivity (Wildman–Crippen MR) is 86.4 cm³/mol. The first-order valence-electron chi connectivity index (χ1n) is 6.34. The number of nitrogens with one attached hydrogen (secondary N) is 1. The zero-order valence-corrected chi connectivity index (χ0v) is 13.5. The van der Waals surface area contributed by atoms with E-state index in [9.17, 15) is 4.79 Å². The number of amides is 1. The molecule has 1 aliphatic heterocycles. The summed E-state index contributed by atoms with van der Waals surface area (Å²) in [5, 5.41) is 3.55. The Bertz CT molecular complexity index is 300. The molecule has 0 aliphatic carbocycles. The van der Waals surface area contributed by atoms with Crippen molar-refractivity contribution in [1.29, 1.82) is 0 Å². The molecule has 18 heavy (non-hydrogen) atoms. The van der Waals surface area contributed by atoms with Gasteiger partial charge in [0.25, 0.3) is 0 Å². The number of thiocarbonyl (C=S) groups is 1. The summed E-state index contributed by atoms with van der Waals surface area (Å²) in [6.07, 6.45) is 1.33. The van der Waals surface area contributed by atoms with Gasteiger partial charge in [-0.3, -0.25) is 4.79 Å². The Morgan fingerprint density at radius 2 is 2.11 bits per heavy atom. The largest absolute Gasteiger partial charge is 0.392 e. The minimum Gasteiger partial charge on any atom is -0.392 e. The second-order valence-electron chi connectivity index (χ2n) is 4.43. The van der Waals surface area contributed by atoms with Gasteiger partial charge in [0.2, 0.25) is 5.91 Å². The smallest absolute Gasteiger partial charge is 0.233 e. The van der Waals surface area contributed by atoms with E-state index in [-0.39, 0.29) is 5.91 Å². The van der Waals surface area contributed by atoms with Crippen LogP contribution in [0.3, 0.4) is 0 Å². The highest BCUT2D eigenvalue weighted by molar-refractivity contribution is 8.06. The number of carbonyl (C=O) groups excluding carboxylic acids is 1. The zero-order valence-electron chi connectivity index (χ0n) is 11.0. The average Bonchev–Trinajstić information content (AvgIpc) is 2.39. The van der Waals surface area contributed by atoms with E-state index in [1.54, 1.807) is 0 Å². The molecule has 0 saturated carbocycles. The van der Waals surface area contributed by atoms with E-state index >= 15 is 0 Å². The lowest BCUT2D eigenvalue weighted by Gasteiger charge is -2.30. The Morgan fingerprint density at radius 1 is 1.44 bits per heavy atom. The van der Waals surface area contributed by atoms with Crippen molar-refractivity contribution in [2.45, 2.75) is 31.9 Å². The van der Waals surface area contributed by atoms with Crippen molar-refractivity contribution in [1.82, 2.24) is 5.32 Å². The van der Waals surface area contributed by atoms with Gasteiger partial charge in [-0.1, -0.05) is 26.1 Å². The van der Waals surface area contributed by atoms with E-state index in [1.807, 2.05) is 37.4 Å². The summed E-state index contributed by atoms with van der Waals surface area (Å²) in [4.78, 5) is 12.6. The van der Waals surface area contributed by atoms with E-state index < -0.39 is 5.41 Å². The van der Waals surface area contributed by atoms with Crippen LogP contribution in [0.2, 0.25) is 0 Å². The van der Waals surface area contributed by atoms with Gasteiger partial charge in [-0.25, -0.2) is 0 Å². The van der Waals surface area contributed by atoms with Crippen molar-refractivity contribution in [3.05, 3.63) is 0 Å². The fourth-order valence-corrected chi connectivity index (χ4v) is 5.05. The van der Waals surface area contributed by atoms with Gasteiger partial charge in [0.15, 0.2) is 0 Å². The minimum absolute atomic E-state index is 0.00354. The van der Waals surface area contributed by atoms with E-state index in [0.29, 0.717) is 23.1 Å². The van der Waals surface area contributed by atoms with Crippen LogP contribution in [0.1, 0.15) is 26.7 Å². The first-order chi connectivity index (χ1) is 8.56. The number of rotatable bonds is 6. The number of carbonyl (C=O) groups is 1. The molecule has 1 fully saturated rings. The van der Waals surface area contributed by atoms with Crippen molar-refractivity contribution in [3.8, 4) is 0 Å². The summed E-state index contributed by atoms with van der Waals surface area (Å²) in [5.74, 6) is 3.50. The standard InChI is InChI=1S/C12H22N2OS3/c1-3-12(4-2,10(13)16)11(15)14-7-9-8-17-5-6-18-9/h9H,3-8H2,1-2H3,(H2,13,16)(H,14,15). The Balaban J connectivity index is 2.53. The molecule has 0 aromatic carbocycles. The van der Waals surface area contributed by atoms with Crippen LogP contribution in [-0.4, -0.2) is 39.9 Å². The second-order valence-corrected chi connectivity index (χ2v) is 7.43. The molecule has 3 N–H and O–H groups in total. The molecular formula is C12H22N2OS3. The van der Waals surface area contributed by atoms with Gasteiger partial charge in [0, 0.05) is 29.1 Å². The molecule has 1 amide bonds. The second kappa shape index (κ2) is 7.60. The highest BCUT2D eigenvalue weighted by Crippen LogP contribution is 2.28. The fraction of sp³-hybridized carbons (Fsp3) is 0.833. The Morgan fingerprint density at radius 3 is 2.56 bits per heavy atom. The molecular weight excluding hydrogens is 284 g/mol. The monoisotopic (exact) mass is 306 g/mol. The van der Waals surface area contributed by atoms with Gasteiger partial charge in [-0.2, -0.15) is 23.5 Å². The zero-order chi connectivity index (χ0) is 13.6. The molecule has 3 nitrogen and oxygen atoms in total. The lowest BCUT2D eigenvalue weighted by molar-refractivity contribution is -0.127. The van der Waals surface area contributed by atoms with E-state index in [0.717, 1.165) is 12.3 Å². The van der Waals surface area contributed by atoms with Crippen molar-refractivity contribution in [2.24, 2.45) is 11.1 Å². The molecule has 1 aliphatic rings. The minimum atomic E-state index is -0.665. The molecule has 104 valence electrons. The summed E-state index contributed by atoms with van der Waals surface area (Å²) in [7, 11) is 0. The van der Waals surface area contributed by atoms with Gasteiger partial charge in [-0.15, -0.1) is 0 Å². The first-order valence-corrected chi connectivity index (χ1v) is 8.95. The number of hydrogen-bond donors (Lipinski definition) is 2. The lowest BCUT2D eigenvalue weighted by atomic mass is 9.81. The van der Waals surface area contributed by atoms with E-state index in [2.05, 4.69) is 5.32 Å². The maximum atomic E-state index is 12.3. The predicted octanol–water partition coefficient (Wildman–Crippen LogP) is 2.04. The molecule has 1 atom stereocenters. The van der Waals surface area contributed by atoms with Crippen LogP contribution in [0.25, 0.3) is 0 Å². The lowest BCUT2D eigenvalue weighted by Crippen LogP contribution is -2.49. The molecule has 0 bridgehead atoms. The Kier molecular flexibility index (Phi) is 6.81. The van der Waals surface area contributed by atoms with Crippen LogP contribution in [0.15, 0.2) is 0 Å². The maximum Gasteiger partial charge on any atom is 0.233 e. The molecule has 0 aromatic rings. The van der Waals surface area contributed by atoms with Crippen LogP contribution in [0, 0.1) is 5.41 Å². The van der Waals surface area contributed by atoms with E-state index in [4.69, 9.17) is 18.0 Å². The van der Waals surface area contributed by atoms with Crippen molar-refractivity contribution < 1.29 is 4.79 Å². The van der Waals surface area contributed by atoms with Crippen molar-refractivity contribution in [3.63, 3.8) is 0 Å². The average molecular weight is 307 g/mol. The number of thioether (sulfide) groups is 2. The molecule has 1 saturated heterocycles. The SMILES string of the molecule is CCC(CC)(C(=O)NCC1CSCCS1)C(N)=S. The number of nitrogens with two attached hydrogens (primary N) is 1. The van der Waals surface area contributed by atoms with Crippen LogP contribution in [-0.2, 0) is 4.79 Å². The third kappa shape index (κ3) is 3.78. The normalized spacial score (nSPS) is 20.4. The van der Waals surface area contributed by atoms with Crippen LogP contribution >= 0.6 is 35.7 Å². The fourth-order valence-electron chi connectivity index (χ4n) is 2.06. The summed E-state index contributed by atoms with van der Waals surface area (Å²) in [6, 6.07) is 0. The van der Waals surface area contributed by atoms with E-state index in [1.165, 1.54) is 11.5 Å². The highest BCUT2D eigenvalue weighted by Gasteiger charge is 2.38. The summed E-state index contributed by atoms with van der Waals surface area (Å²) in [6.45, 7) is 4.65. The Labute approximate surface area is 123 Å². The van der Waals surface area contributed by atoms with Gasteiger partial charge >= 0.3 is 0 Å². The van der Waals surface area contributed by atoms with Crippen LogP contribution in [0.4, 0.5) is 0 Å². The summed E-state index contributed by atoms with van der Waals surface area (Å²) >= 11 is 8.98. The summed E-state index contributed by atoms with van der Waals surface area (Å²) in [5.41, 5.74) is 5.10. The molecule has 1 rings (SSSR count). The topological polar surface area (TPSA) is 55.1 Å². The molecule has 1 unspecified atom stereocenters. The van der Waals surface area contributed by atoms with Crippen LogP contribution in [0.5, 0.6) is 0 Å². The van der Waals surface area contributed by atoms with Gasteiger partial charge in [0.1, 0.15) is 0 Å². The number of hydrogen-bond acceptors (Lipinski definition) is 4. The molecule has 6 heteroatoms. The molecule has 0 radical (unpaired) electrons. The third-order valence-corrected chi connectivity index (χ3v) is 6.72. The molecule has 0 aromatic heterocycles. The van der Waals surface area contributed by atoms with Crippen molar-refractivity contribution >= 4 is 46.6 Å². The van der Waals surface area contributed by atoms with Crippen LogP contribution < -0.4 is 11.1 Å². The highest BCUT2D eigenvalue weighted by atomic mass is 32.2. The maximum absolute atomic E-state index is 12.3. The first kappa shape index (κ1) is 16.1. The third-order valence-electron chi connectivity index (χ3n) is 3.49. The van der Waals surface area contributed by atoms with Gasteiger partial charge in [-0.05, 0) is 12.8 Å². The van der Waals surface area contributed by atoms with Gasteiger partial charge < -0.3 is 11.1 Å². The van der Waals surface area contributed by atoms with Gasteiger partial charge in [0.05, 0.1) is 10.4 Å².